The van der Waals surface area contributed by atoms with E-state index in [2.05, 4.69) is 9.97 Å². The Morgan fingerprint density at radius 2 is 1.74 bits per heavy atom. The van der Waals surface area contributed by atoms with Crippen LogP contribution >= 0.6 is 0 Å². The van der Waals surface area contributed by atoms with Crippen molar-refractivity contribution in [3.05, 3.63) is 60.4 Å². The molecule has 0 fully saturated rings. The molecule has 0 N–H and O–H groups in total. The van der Waals surface area contributed by atoms with Gasteiger partial charge >= 0.3 is 0 Å². The Labute approximate surface area is 133 Å². The van der Waals surface area contributed by atoms with Crippen LogP contribution in [-0.2, 0) is 9.84 Å². The molecule has 0 saturated heterocycles. The number of aryl methyl sites for hydroxylation is 1. The summed E-state index contributed by atoms with van der Waals surface area (Å²) in [7, 11) is -3.29. The number of sulfone groups is 1. The van der Waals surface area contributed by atoms with Crippen LogP contribution in [0.1, 0.15) is 5.69 Å². The van der Waals surface area contributed by atoms with Gasteiger partial charge in [-0.05, 0) is 43.3 Å². The average molecular weight is 331 g/mol. The molecule has 0 aliphatic heterocycles. The van der Waals surface area contributed by atoms with Gasteiger partial charge in [-0.15, -0.1) is 0 Å². The summed E-state index contributed by atoms with van der Waals surface area (Å²) in [5.74, 6) is 0.227. The Kier molecular flexibility index (Phi) is 3.73. The van der Waals surface area contributed by atoms with Gasteiger partial charge in [0.1, 0.15) is 18.0 Å². The van der Waals surface area contributed by atoms with Crippen molar-refractivity contribution in [2.24, 2.45) is 0 Å². The van der Waals surface area contributed by atoms with Gasteiger partial charge in [-0.3, -0.25) is 4.57 Å². The number of imidazole rings is 1. The molecule has 0 spiro atoms. The summed E-state index contributed by atoms with van der Waals surface area (Å²) in [5, 5.41) is 0. The first-order chi connectivity index (χ1) is 10.9. The smallest absolute Gasteiger partial charge is 0.177 e. The van der Waals surface area contributed by atoms with Crippen molar-refractivity contribution in [1.29, 1.82) is 0 Å². The van der Waals surface area contributed by atoms with Crippen molar-refractivity contribution in [3.8, 4) is 17.1 Å². The number of nitrogens with zero attached hydrogens (tertiary/aromatic N) is 3. The standard InChI is InChI=1S/C16H14FN3O2S/c1-11-16(12-3-5-13(17)6-4-12)20(10-19-11)15-8-7-14(9-18-15)23(2,21)22/h3-10H,1-2H3. The SMILES string of the molecule is Cc1ncn(-c2ccc(S(C)(=O)=O)cn2)c1-c1ccc(F)cc1. The van der Waals surface area contributed by atoms with Gasteiger partial charge in [0.25, 0.3) is 0 Å². The second kappa shape index (κ2) is 5.58. The lowest BCUT2D eigenvalue weighted by molar-refractivity contribution is 0.601. The monoisotopic (exact) mass is 331 g/mol. The summed E-state index contributed by atoms with van der Waals surface area (Å²) in [5.41, 5.74) is 2.35. The van der Waals surface area contributed by atoms with Crippen LogP contribution in [0.4, 0.5) is 4.39 Å². The zero-order valence-corrected chi connectivity index (χ0v) is 13.4. The van der Waals surface area contributed by atoms with Crippen molar-refractivity contribution in [3.63, 3.8) is 0 Å². The summed E-state index contributed by atoms with van der Waals surface area (Å²) in [6.07, 6.45) is 4.06. The van der Waals surface area contributed by atoms with E-state index in [1.54, 1.807) is 29.1 Å². The summed E-state index contributed by atoms with van der Waals surface area (Å²) in [6.45, 7) is 1.85. The van der Waals surface area contributed by atoms with E-state index in [4.69, 9.17) is 0 Å². The molecule has 0 saturated carbocycles. The second-order valence-electron chi connectivity index (χ2n) is 5.18. The Balaban J connectivity index is 2.10. The molecule has 0 aliphatic rings. The normalized spacial score (nSPS) is 11.6. The molecule has 3 rings (SSSR count). The van der Waals surface area contributed by atoms with E-state index in [1.807, 2.05) is 6.92 Å². The predicted molar refractivity (Wildman–Crippen MR) is 84.6 cm³/mol. The molecule has 0 aliphatic carbocycles. The van der Waals surface area contributed by atoms with Gasteiger partial charge in [0.05, 0.1) is 16.3 Å². The van der Waals surface area contributed by atoms with E-state index in [0.717, 1.165) is 23.2 Å². The highest BCUT2D eigenvalue weighted by Gasteiger charge is 2.14. The summed E-state index contributed by atoms with van der Waals surface area (Å²) >= 11 is 0. The Bertz CT molecular complexity index is 946. The molecule has 0 unspecified atom stereocenters. The molecule has 7 heteroatoms. The molecule has 3 aromatic rings. The third-order valence-electron chi connectivity index (χ3n) is 3.46. The van der Waals surface area contributed by atoms with E-state index in [9.17, 15) is 12.8 Å². The Morgan fingerprint density at radius 1 is 1.04 bits per heavy atom. The minimum atomic E-state index is -3.29. The van der Waals surface area contributed by atoms with Gasteiger partial charge in [-0.25, -0.2) is 22.8 Å². The molecule has 23 heavy (non-hydrogen) atoms. The molecule has 0 atom stereocenters. The third kappa shape index (κ3) is 3.00. The molecule has 2 heterocycles. The van der Waals surface area contributed by atoms with Gasteiger partial charge in [-0.2, -0.15) is 0 Å². The van der Waals surface area contributed by atoms with E-state index in [0.29, 0.717) is 5.82 Å². The minimum absolute atomic E-state index is 0.154. The molecule has 2 aromatic heterocycles. The molecule has 5 nitrogen and oxygen atoms in total. The van der Waals surface area contributed by atoms with Crippen LogP contribution in [0.25, 0.3) is 17.1 Å². The fourth-order valence-corrected chi connectivity index (χ4v) is 2.86. The topological polar surface area (TPSA) is 64.8 Å². The fraction of sp³-hybridized carbons (Fsp3) is 0.125. The highest BCUT2D eigenvalue weighted by molar-refractivity contribution is 7.90. The largest absolute Gasteiger partial charge is 0.283 e. The van der Waals surface area contributed by atoms with Crippen LogP contribution in [0.15, 0.2) is 53.8 Å². The molecule has 118 valence electrons. The molecule has 1 aromatic carbocycles. The molecular formula is C16H14FN3O2S. The molecule has 0 radical (unpaired) electrons. The van der Waals surface area contributed by atoms with E-state index >= 15 is 0 Å². The van der Waals surface area contributed by atoms with Crippen molar-refractivity contribution in [2.75, 3.05) is 6.26 Å². The van der Waals surface area contributed by atoms with E-state index in [1.165, 1.54) is 24.4 Å². The first-order valence-electron chi connectivity index (χ1n) is 6.82. The third-order valence-corrected chi connectivity index (χ3v) is 4.56. The van der Waals surface area contributed by atoms with Crippen LogP contribution in [-0.4, -0.2) is 29.2 Å². The Morgan fingerprint density at radius 3 is 2.30 bits per heavy atom. The number of aromatic nitrogens is 3. The van der Waals surface area contributed by atoms with E-state index < -0.39 is 9.84 Å². The highest BCUT2D eigenvalue weighted by Crippen LogP contribution is 2.25. The van der Waals surface area contributed by atoms with Gasteiger partial charge in [0, 0.05) is 18.0 Å². The second-order valence-corrected chi connectivity index (χ2v) is 7.20. The number of hydrogen-bond donors (Lipinski definition) is 0. The maximum atomic E-state index is 13.1. The zero-order valence-electron chi connectivity index (χ0n) is 12.6. The molecular weight excluding hydrogens is 317 g/mol. The summed E-state index contributed by atoms with van der Waals surface area (Å²) < 4.78 is 37.9. The number of pyridine rings is 1. The van der Waals surface area contributed by atoms with E-state index in [-0.39, 0.29) is 10.7 Å². The minimum Gasteiger partial charge on any atom is -0.283 e. The van der Waals surface area contributed by atoms with Crippen molar-refractivity contribution < 1.29 is 12.8 Å². The first-order valence-corrected chi connectivity index (χ1v) is 8.72. The number of hydrogen-bond acceptors (Lipinski definition) is 4. The van der Waals surface area contributed by atoms with Crippen molar-refractivity contribution in [1.82, 2.24) is 14.5 Å². The van der Waals surface area contributed by atoms with Crippen LogP contribution in [0.3, 0.4) is 0 Å². The maximum Gasteiger partial charge on any atom is 0.177 e. The summed E-state index contributed by atoms with van der Waals surface area (Å²) in [4.78, 5) is 8.63. The predicted octanol–water partition coefficient (Wildman–Crippen LogP) is 2.79. The molecule has 0 bridgehead atoms. The van der Waals surface area contributed by atoms with Gasteiger partial charge in [-0.1, -0.05) is 0 Å². The van der Waals surface area contributed by atoms with Crippen molar-refractivity contribution in [2.45, 2.75) is 11.8 Å². The number of halogens is 1. The Hall–Kier alpha value is -2.54. The van der Waals surface area contributed by atoms with Crippen LogP contribution in [0.2, 0.25) is 0 Å². The molecule has 0 amide bonds. The van der Waals surface area contributed by atoms with Gasteiger partial charge < -0.3 is 0 Å². The summed E-state index contributed by atoms with van der Waals surface area (Å²) in [6, 6.07) is 9.21. The lowest BCUT2D eigenvalue weighted by Gasteiger charge is -2.09. The number of benzene rings is 1. The number of rotatable bonds is 3. The van der Waals surface area contributed by atoms with Crippen molar-refractivity contribution >= 4 is 9.84 Å². The van der Waals surface area contributed by atoms with Crippen LogP contribution in [0, 0.1) is 12.7 Å². The fourth-order valence-electron chi connectivity index (χ4n) is 2.30. The zero-order chi connectivity index (χ0) is 16.6. The van der Waals surface area contributed by atoms with Gasteiger partial charge in [0.15, 0.2) is 9.84 Å². The van der Waals surface area contributed by atoms with Crippen LogP contribution in [0.5, 0.6) is 0 Å². The first kappa shape index (κ1) is 15.4. The average Bonchev–Trinajstić information content (AvgIpc) is 2.89. The maximum absolute atomic E-state index is 13.1. The van der Waals surface area contributed by atoms with Gasteiger partial charge in [0.2, 0.25) is 0 Å². The lowest BCUT2D eigenvalue weighted by atomic mass is 10.1. The highest BCUT2D eigenvalue weighted by atomic mass is 32.2. The van der Waals surface area contributed by atoms with Crippen LogP contribution < -0.4 is 0 Å². The quantitative estimate of drug-likeness (QED) is 0.740. The lowest BCUT2D eigenvalue weighted by Crippen LogP contribution is -2.02.